The van der Waals surface area contributed by atoms with Gasteiger partial charge in [-0.1, -0.05) is 49.2 Å². The van der Waals surface area contributed by atoms with Crippen LogP contribution < -0.4 is 4.74 Å². The second kappa shape index (κ2) is 11.2. The van der Waals surface area contributed by atoms with E-state index in [2.05, 4.69) is 6.92 Å². The molecule has 2 aromatic rings. The van der Waals surface area contributed by atoms with Gasteiger partial charge in [-0.05, 0) is 49.1 Å². The number of amides is 2. The highest BCUT2D eigenvalue weighted by molar-refractivity contribution is 6.30. The van der Waals surface area contributed by atoms with Crippen LogP contribution in [0.2, 0.25) is 5.02 Å². The molecule has 0 N–H and O–H groups in total. The molecule has 0 aliphatic carbocycles. The standard InChI is InChI=1S/C25H31ClN2O3/c1-3-4-15-27(2)24(29)20-13-16-28(17-14-20)25(30)22-7-5-6-8-23(22)31-18-19-9-11-21(26)12-10-19/h5-12,20H,3-4,13-18H2,1-2H3. The number of carbonyl (C=O) groups excluding carboxylic acids is 2. The lowest BCUT2D eigenvalue weighted by Gasteiger charge is -2.33. The third-order valence-electron chi connectivity index (χ3n) is 5.78. The molecule has 1 aliphatic heterocycles. The summed E-state index contributed by atoms with van der Waals surface area (Å²) in [5.41, 5.74) is 1.54. The van der Waals surface area contributed by atoms with E-state index in [0.29, 0.717) is 48.9 Å². The van der Waals surface area contributed by atoms with Gasteiger partial charge in [0.2, 0.25) is 5.91 Å². The molecule has 5 nitrogen and oxygen atoms in total. The Morgan fingerprint density at radius 1 is 1.10 bits per heavy atom. The molecule has 0 atom stereocenters. The topological polar surface area (TPSA) is 49.9 Å². The minimum Gasteiger partial charge on any atom is -0.488 e. The number of hydrogen-bond acceptors (Lipinski definition) is 3. The number of likely N-dealkylation sites (tertiary alicyclic amines) is 1. The van der Waals surface area contributed by atoms with Crippen molar-refractivity contribution in [1.29, 1.82) is 0 Å². The Morgan fingerprint density at radius 3 is 2.45 bits per heavy atom. The van der Waals surface area contributed by atoms with Gasteiger partial charge in [0.25, 0.3) is 5.91 Å². The zero-order valence-electron chi connectivity index (χ0n) is 18.4. The number of para-hydroxylation sites is 1. The normalized spacial score (nSPS) is 14.4. The van der Waals surface area contributed by atoms with E-state index >= 15 is 0 Å². The van der Waals surface area contributed by atoms with E-state index < -0.39 is 0 Å². The number of benzene rings is 2. The molecule has 0 saturated carbocycles. The predicted octanol–water partition coefficient (Wildman–Crippen LogP) is 5.03. The molecule has 0 radical (unpaired) electrons. The molecule has 3 rings (SSSR count). The van der Waals surface area contributed by atoms with E-state index in [1.165, 1.54) is 0 Å². The summed E-state index contributed by atoms with van der Waals surface area (Å²) in [5.74, 6) is 0.728. The number of hydrogen-bond donors (Lipinski definition) is 0. The van der Waals surface area contributed by atoms with Crippen LogP contribution in [0.15, 0.2) is 48.5 Å². The van der Waals surface area contributed by atoms with Crippen LogP contribution in [0.5, 0.6) is 5.75 Å². The minimum atomic E-state index is -0.0445. The molecule has 1 fully saturated rings. The molecule has 2 aromatic carbocycles. The molecule has 166 valence electrons. The molecule has 0 spiro atoms. The van der Waals surface area contributed by atoms with Crippen LogP contribution in [0.1, 0.15) is 48.5 Å². The van der Waals surface area contributed by atoms with Crippen molar-refractivity contribution >= 4 is 23.4 Å². The highest BCUT2D eigenvalue weighted by Gasteiger charge is 2.30. The Balaban J connectivity index is 1.58. The summed E-state index contributed by atoms with van der Waals surface area (Å²) in [7, 11) is 1.88. The average Bonchev–Trinajstić information content (AvgIpc) is 2.81. The fourth-order valence-corrected chi connectivity index (χ4v) is 3.95. The highest BCUT2D eigenvalue weighted by Crippen LogP contribution is 2.25. The van der Waals surface area contributed by atoms with E-state index in [-0.39, 0.29) is 17.7 Å². The number of ether oxygens (including phenoxy) is 1. The van der Waals surface area contributed by atoms with Crippen LogP contribution >= 0.6 is 11.6 Å². The van der Waals surface area contributed by atoms with Gasteiger partial charge >= 0.3 is 0 Å². The summed E-state index contributed by atoms with van der Waals surface area (Å²) in [5, 5.41) is 0.678. The maximum atomic E-state index is 13.2. The first-order valence-electron chi connectivity index (χ1n) is 11.0. The summed E-state index contributed by atoms with van der Waals surface area (Å²) in [6.07, 6.45) is 3.50. The maximum absolute atomic E-state index is 13.2. The van der Waals surface area contributed by atoms with E-state index in [1.54, 1.807) is 6.07 Å². The number of rotatable bonds is 8. The molecule has 6 heteroatoms. The lowest BCUT2D eigenvalue weighted by Crippen LogP contribution is -2.43. The number of halogens is 1. The fourth-order valence-electron chi connectivity index (χ4n) is 3.83. The van der Waals surface area contributed by atoms with Crippen molar-refractivity contribution in [3.05, 3.63) is 64.7 Å². The molecule has 1 heterocycles. The largest absolute Gasteiger partial charge is 0.488 e. The molecular formula is C25H31ClN2O3. The Morgan fingerprint density at radius 2 is 1.77 bits per heavy atom. The van der Waals surface area contributed by atoms with Gasteiger partial charge in [0.1, 0.15) is 12.4 Å². The van der Waals surface area contributed by atoms with Crippen LogP contribution in [0.4, 0.5) is 0 Å². The lowest BCUT2D eigenvalue weighted by atomic mass is 9.94. The van der Waals surface area contributed by atoms with Crippen molar-refractivity contribution in [3.63, 3.8) is 0 Å². The lowest BCUT2D eigenvalue weighted by molar-refractivity contribution is -0.135. The summed E-state index contributed by atoms with van der Waals surface area (Å²) in [6.45, 7) is 4.46. The van der Waals surface area contributed by atoms with Gasteiger partial charge in [0, 0.05) is 37.6 Å². The van der Waals surface area contributed by atoms with Crippen LogP contribution in [0.3, 0.4) is 0 Å². The van der Waals surface area contributed by atoms with Gasteiger partial charge in [-0.3, -0.25) is 9.59 Å². The third kappa shape index (κ3) is 6.23. The molecule has 31 heavy (non-hydrogen) atoms. The van der Waals surface area contributed by atoms with E-state index in [4.69, 9.17) is 16.3 Å². The predicted molar refractivity (Wildman–Crippen MR) is 123 cm³/mol. The molecular weight excluding hydrogens is 412 g/mol. The van der Waals surface area contributed by atoms with Crippen molar-refractivity contribution in [2.24, 2.45) is 5.92 Å². The van der Waals surface area contributed by atoms with Gasteiger partial charge in [-0.2, -0.15) is 0 Å². The smallest absolute Gasteiger partial charge is 0.257 e. The molecule has 0 unspecified atom stereocenters. The highest BCUT2D eigenvalue weighted by atomic mass is 35.5. The van der Waals surface area contributed by atoms with Crippen molar-refractivity contribution in [2.75, 3.05) is 26.7 Å². The van der Waals surface area contributed by atoms with Gasteiger partial charge in [0.05, 0.1) is 5.56 Å². The van der Waals surface area contributed by atoms with Crippen LogP contribution in [-0.4, -0.2) is 48.3 Å². The van der Waals surface area contributed by atoms with Gasteiger partial charge < -0.3 is 14.5 Å². The fraction of sp³-hybridized carbons (Fsp3) is 0.440. The van der Waals surface area contributed by atoms with Crippen molar-refractivity contribution in [1.82, 2.24) is 9.80 Å². The van der Waals surface area contributed by atoms with E-state index in [1.807, 2.05) is 59.3 Å². The first kappa shape index (κ1) is 23.1. The maximum Gasteiger partial charge on any atom is 0.257 e. The number of unbranched alkanes of at least 4 members (excludes halogenated alkanes) is 1. The first-order valence-corrected chi connectivity index (χ1v) is 11.4. The summed E-state index contributed by atoms with van der Waals surface area (Å²) >= 11 is 5.94. The molecule has 1 saturated heterocycles. The summed E-state index contributed by atoms with van der Waals surface area (Å²) < 4.78 is 5.95. The minimum absolute atomic E-state index is 0.00213. The van der Waals surface area contributed by atoms with Gasteiger partial charge in [-0.15, -0.1) is 0 Å². The Bertz CT molecular complexity index is 877. The van der Waals surface area contributed by atoms with Gasteiger partial charge in [0.15, 0.2) is 0 Å². The summed E-state index contributed by atoms with van der Waals surface area (Å²) in [6, 6.07) is 14.8. The molecule has 2 amide bonds. The number of nitrogens with zero attached hydrogens (tertiary/aromatic N) is 2. The van der Waals surface area contributed by atoms with E-state index in [0.717, 1.165) is 24.9 Å². The Kier molecular flexibility index (Phi) is 8.35. The van der Waals surface area contributed by atoms with Crippen LogP contribution in [0, 0.1) is 5.92 Å². The average molecular weight is 443 g/mol. The monoisotopic (exact) mass is 442 g/mol. The zero-order valence-corrected chi connectivity index (χ0v) is 19.1. The third-order valence-corrected chi connectivity index (χ3v) is 6.03. The van der Waals surface area contributed by atoms with Crippen LogP contribution in [0.25, 0.3) is 0 Å². The second-order valence-corrected chi connectivity index (χ2v) is 8.53. The molecule has 0 aromatic heterocycles. The van der Waals surface area contributed by atoms with Gasteiger partial charge in [-0.25, -0.2) is 0 Å². The molecule has 0 bridgehead atoms. The zero-order chi connectivity index (χ0) is 22.2. The van der Waals surface area contributed by atoms with Crippen molar-refractivity contribution in [3.8, 4) is 5.75 Å². The second-order valence-electron chi connectivity index (χ2n) is 8.09. The van der Waals surface area contributed by atoms with Crippen molar-refractivity contribution < 1.29 is 14.3 Å². The first-order chi connectivity index (χ1) is 15.0. The molecule has 1 aliphatic rings. The quantitative estimate of drug-likeness (QED) is 0.576. The number of piperidine rings is 1. The SMILES string of the molecule is CCCCN(C)C(=O)C1CCN(C(=O)c2ccccc2OCc2ccc(Cl)cc2)CC1. The van der Waals surface area contributed by atoms with E-state index in [9.17, 15) is 9.59 Å². The Hall–Kier alpha value is -2.53. The van der Waals surface area contributed by atoms with Crippen molar-refractivity contribution in [2.45, 2.75) is 39.2 Å². The summed E-state index contributed by atoms with van der Waals surface area (Å²) in [4.78, 5) is 29.5. The number of carbonyl (C=O) groups is 2. The Labute approximate surface area is 189 Å². The van der Waals surface area contributed by atoms with Crippen LogP contribution in [-0.2, 0) is 11.4 Å².